The smallest absolute Gasteiger partial charge is 0.294 e. The van der Waals surface area contributed by atoms with Gasteiger partial charge in [0.05, 0.1) is 18.1 Å². The molecule has 21 heavy (non-hydrogen) atoms. The van der Waals surface area contributed by atoms with Crippen molar-refractivity contribution < 1.29 is 14.5 Å². The molecule has 1 aromatic carbocycles. The fraction of sp³-hybridized carbons (Fsp3) is 0.462. The number of rotatable bonds is 4. The van der Waals surface area contributed by atoms with Crippen LogP contribution in [-0.2, 0) is 4.74 Å². The van der Waals surface area contributed by atoms with Gasteiger partial charge in [0, 0.05) is 38.8 Å². The molecular weight excluding hydrogens is 276 g/mol. The number of nitrogens with zero attached hydrogens (tertiary/aromatic N) is 3. The number of morpholine rings is 1. The molecule has 0 aliphatic carbocycles. The fourth-order valence-electron chi connectivity index (χ4n) is 2.01. The molecule has 2 rings (SSSR count). The van der Waals surface area contributed by atoms with E-state index in [1.807, 2.05) is 5.01 Å². The van der Waals surface area contributed by atoms with Gasteiger partial charge in [0.15, 0.2) is 0 Å². The van der Waals surface area contributed by atoms with E-state index in [1.165, 1.54) is 11.0 Å². The van der Waals surface area contributed by atoms with Gasteiger partial charge in [-0.05, 0) is 12.1 Å². The van der Waals surface area contributed by atoms with Gasteiger partial charge < -0.3 is 15.1 Å². The highest BCUT2D eigenvalue weighted by Gasteiger charge is 2.20. The SMILES string of the molecule is CN(C)C(=O)c1ccc(NN2CCOCC2)c([N+](=O)[O-])c1. The van der Waals surface area contributed by atoms with Crippen molar-refractivity contribution >= 4 is 17.3 Å². The van der Waals surface area contributed by atoms with Gasteiger partial charge in [-0.3, -0.25) is 14.9 Å². The van der Waals surface area contributed by atoms with Gasteiger partial charge in [0.1, 0.15) is 5.69 Å². The van der Waals surface area contributed by atoms with Gasteiger partial charge >= 0.3 is 0 Å². The Morgan fingerprint density at radius 2 is 2.05 bits per heavy atom. The van der Waals surface area contributed by atoms with Crippen molar-refractivity contribution in [1.82, 2.24) is 9.91 Å². The van der Waals surface area contributed by atoms with Crippen LogP contribution in [0.5, 0.6) is 0 Å². The lowest BCUT2D eigenvalue weighted by Crippen LogP contribution is -2.40. The van der Waals surface area contributed by atoms with E-state index in [4.69, 9.17) is 4.74 Å². The molecule has 1 fully saturated rings. The summed E-state index contributed by atoms with van der Waals surface area (Å²) in [5, 5.41) is 13.1. The summed E-state index contributed by atoms with van der Waals surface area (Å²) in [6.07, 6.45) is 0. The Labute approximate surface area is 122 Å². The zero-order chi connectivity index (χ0) is 15.4. The Hall–Kier alpha value is -2.19. The van der Waals surface area contributed by atoms with Gasteiger partial charge in [-0.1, -0.05) is 0 Å². The lowest BCUT2D eigenvalue weighted by molar-refractivity contribution is -0.384. The molecule has 0 unspecified atom stereocenters. The second-order valence-electron chi connectivity index (χ2n) is 4.90. The number of nitrogens with one attached hydrogen (secondary N) is 1. The lowest BCUT2D eigenvalue weighted by atomic mass is 10.1. The van der Waals surface area contributed by atoms with E-state index in [0.717, 1.165) is 0 Å². The summed E-state index contributed by atoms with van der Waals surface area (Å²) < 4.78 is 5.23. The minimum absolute atomic E-state index is 0.116. The first-order chi connectivity index (χ1) is 9.99. The molecule has 1 saturated heterocycles. The third-order valence-electron chi connectivity index (χ3n) is 3.14. The van der Waals surface area contributed by atoms with Crippen LogP contribution in [0.4, 0.5) is 11.4 Å². The zero-order valence-electron chi connectivity index (χ0n) is 12.0. The van der Waals surface area contributed by atoms with Crippen molar-refractivity contribution in [3.63, 3.8) is 0 Å². The van der Waals surface area contributed by atoms with E-state index in [9.17, 15) is 14.9 Å². The Morgan fingerprint density at radius 1 is 1.38 bits per heavy atom. The molecular formula is C13H18N4O4. The normalized spacial score (nSPS) is 15.5. The van der Waals surface area contributed by atoms with Crippen LogP contribution in [0.3, 0.4) is 0 Å². The number of amides is 1. The van der Waals surface area contributed by atoms with Crippen molar-refractivity contribution in [3.05, 3.63) is 33.9 Å². The van der Waals surface area contributed by atoms with Gasteiger partial charge in [-0.2, -0.15) is 0 Å². The largest absolute Gasteiger partial charge is 0.379 e. The van der Waals surface area contributed by atoms with Crippen LogP contribution in [-0.4, -0.2) is 61.1 Å². The van der Waals surface area contributed by atoms with Crippen LogP contribution in [0.1, 0.15) is 10.4 Å². The Balaban J connectivity index is 2.24. The lowest BCUT2D eigenvalue weighted by Gasteiger charge is -2.27. The maximum Gasteiger partial charge on any atom is 0.294 e. The van der Waals surface area contributed by atoms with Crippen molar-refractivity contribution in [1.29, 1.82) is 0 Å². The maximum absolute atomic E-state index is 11.9. The second-order valence-corrected chi connectivity index (χ2v) is 4.90. The first-order valence-electron chi connectivity index (χ1n) is 6.58. The molecule has 1 aromatic rings. The number of hydrogen-bond donors (Lipinski definition) is 1. The highest BCUT2D eigenvalue weighted by molar-refractivity contribution is 5.95. The first kappa shape index (κ1) is 15.2. The number of hydrogen-bond acceptors (Lipinski definition) is 6. The van der Waals surface area contributed by atoms with Gasteiger partial charge in [0.2, 0.25) is 0 Å². The molecule has 0 radical (unpaired) electrons. The summed E-state index contributed by atoms with van der Waals surface area (Å²) >= 11 is 0. The second kappa shape index (κ2) is 6.51. The van der Waals surface area contributed by atoms with Crippen molar-refractivity contribution in [2.75, 3.05) is 45.8 Å². The summed E-state index contributed by atoms with van der Waals surface area (Å²) in [5.41, 5.74) is 3.56. The quantitative estimate of drug-likeness (QED) is 0.657. The minimum atomic E-state index is -0.491. The molecule has 1 N–H and O–H groups in total. The van der Waals surface area contributed by atoms with E-state index in [1.54, 1.807) is 26.2 Å². The van der Waals surface area contributed by atoms with Crippen LogP contribution in [0, 0.1) is 10.1 Å². The summed E-state index contributed by atoms with van der Waals surface area (Å²) in [6.45, 7) is 2.46. The summed E-state index contributed by atoms with van der Waals surface area (Å²) in [7, 11) is 3.21. The molecule has 8 heteroatoms. The van der Waals surface area contributed by atoms with E-state index in [-0.39, 0.29) is 11.6 Å². The number of nitro benzene ring substituents is 1. The molecule has 1 heterocycles. The van der Waals surface area contributed by atoms with Crippen molar-refractivity contribution in [2.45, 2.75) is 0 Å². The number of hydrazine groups is 1. The van der Waals surface area contributed by atoms with E-state index < -0.39 is 4.92 Å². The number of anilines is 1. The van der Waals surface area contributed by atoms with Crippen molar-refractivity contribution in [3.8, 4) is 0 Å². The highest BCUT2D eigenvalue weighted by Crippen LogP contribution is 2.26. The number of benzene rings is 1. The van der Waals surface area contributed by atoms with Gasteiger partial charge in [-0.15, -0.1) is 0 Å². The summed E-state index contributed by atoms with van der Waals surface area (Å²) in [5.74, 6) is -0.268. The number of carbonyl (C=O) groups excluding carboxylic acids is 1. The van der Waals surface area contributed by atoms with E-state index in [0.29, 0.717) is 37.6 Å². The van der Waals surface area contributed by atoms with Crippen LogP contribution in [0.25, 0.3) is 0 Å². The fourth-order valence-corrected chi connectivity index (χ4v) is 2.01. The van der Waals surface area contributed by atoms with Crippen LogP contribution in [0.15, 0.2) is 18.2 Å². The number of ether oxygens (including phenoxy) is 1. The monoisotopic (exact) mass is 294 g/mol. The maximum atomic E-state index is 11.9. The molecule has 1 amide bonds. The van der Waals surface area contributed by atoms with Gasteiger partial charge in [0.25, 0.3) is 11.6 Å². The van der Waals surface area contributed by atoms with Crippen molar-refractivity contribution in [2.24, 2.45) is 0 Å². The molecule has 0 bridgehead atoms. The minimum Gasteiger partial charge on any atom is -0.379 e. The van der Waals surface area contributed by atoms with E-state index >= 15 is 0 Å². The zero-order valence-corrected chi connectivity index (χ0v) is 12.0. The molecule has 1 aliphatic heterocycles. The number of nitro groups is 1. The molecule has 8 nitrogen and oxygen atoms in total. The van der Waals surface area contributed by atoms with Crippen LogP contribution < -0.4 is 5.43 Å². The molecule has 0 spiro atoms. The van der Waals surface area contributed by atoms with Gasteiger partial charge in [-0.25, -0.2) is 5.01 Å². The Morgan fingerprint density at radius 3 is 2.62 bits per heavy atom. The van der Waals surface area contributed by atoms with Crippen LogP contribution >= 0.6 is 0 Å². The average Bonchev–Trinajstić information content (AvgIpc) is 2.47. The Kier molecular flexibility index (Phi) is 4.71. The standard InChI is InChI=1S/C13H18N4O4/c1-15(2)13(18)10-3-4-11(12(9-10)17(19)20)14-16-5-7-21-8-6-16/h3-4,9,14H,5-8H2,1-2H3. The third kappa shape index (κ3) is 3.67. The summed E-state index contributed by atoms with van der Waals surface area (Å²) in [6, 6.07) is 4.44. The third-order valence-corrected chi connectivity index (χ3v) is 3.14. The first-order valence-corrected chi connectivity index (χ1v) is 6.58. The molecule has 114 valence electrons. The average molecular weight is 294 g/mol. The summed E-state index contributed by atoms with van der Waals surface area (Å²) in [4.78, 5) is 24.0. The predicted octanol–water partition coefficient (Wildman–Crippen LogP) is 0.956. The van der Waals surface area contributed by atoms with Crippen LogP contribution in [0.2, 0.25) is 0 Å². The predicted molar refractivity (Wildman–Crippen MR) is 77.1 cm³/mol. The molecule has 0 atom stereocenters. The molecule has 0 aromatic heterocycles. The highest BCUT2D eigenvalue weighted by atomic mass is 16.6. The molecule has 0 saturated carbocycles. The van der Waals surface area contributed by atoms with E-state index in [2.05, 4.69) is 5.43 Å². The Bertz CT molecular complexity index is 541. The molecule has 1 aliphatic rings. The topological polar surface area (TPSA) is 88.0 Å². The number of carbonyl (C=O) groups is 1.